The third-order valence-electron chi connectivity index (χ3n) is 3.06. The van der Waals surface area contributed by atoms with Gasteiger partial charge in [0.25, 0.3) is 0 Å². The Morgan fingerprint density at radius 1 is 1.42 bits per heavy atom. The molecule has 19 heavy (non-hydrogen) atoms. The summed E-state index contributed by atoms with van der Waals surface area (Å²) in [6, 6.07) is 3.69. The van der Waals surface area contributed by atoms with Crippen molar-refractivity contribution in [3.05, 3.63) is 29.7 Å². The summed E-state index contributed by atoms with van der Waals surface area (Å²) in [6.45, 7) is 6.27. The number of hydrogen-bond donors (Lipinski definition) is 2. The first-order chi connectivity index (χ1) is 8.82. The van der Waals surface area contributed by atoms with Gasteiger partial charge >= 0.3 is 0 Å². The minimum atomic E-state index is -0.121. The molecule has 102 valence electrons. The zero-order valence-electron chi connectivity index (χ0n) is 11.8. The maximum absolute atomic E-state index is 11.7. The van der Waals surface area contributed by atoms with Gasteiger partial charge in [-0.25, -0.2) is 4.98 Å². The maximum atomic E-state index is 11.7. The van der Waals surface area contributed by atoms with Crippen LogP contribution in [0.25, 0.3) is 5.65 Å². The molecule has 0 atom stereocenters. The number of aromatic nitrogens is 2. The highest BCUT2D eigenvalue weighted by Gasteiger charge is 2.24. The van der Waals surface area contributed by atoms with Gasteiger partial charge in [0.05, 0.1) is 17.8 Å². The summed E-state index contributed by atoms with van der Waals surface area (Å²) < 4.78 is 1.91. The predicted octanol–water partition coefficient (Wildman–Crippen LogP) is 1.50. The number of carbonyl (C=O) groups excluding carboxylic acids is 1. The molecule has 2 aromatic heterocycles. The number of nitrogens with one attached hydrogen (secondary N) is 1. The summed E-state index contributed by atoms with van der Waals surface area (Å²) in [7, 11) is 1.64. The molecular formula is C14H20N4O. The monoisotopic (exact) mass is 260 g/mol. The van der Waals surface area contributed by atoms with E-state index in [1.54, 1.807) is 7.05 Å². The van der Waals surface area contributed by atoms with Gasteiger partial charge in [-0.15, -0.1) is 0 Å². The first-order valence-corrected chi connectivity index (χ1v) is 6.30. The lowest BCUT2D eigenvalue weighted by molar-refractivity contribution is -0.120. The van der Waals surface area contributed by atoms with E-state index in [2.05, 4.69) is 31.1 Å². The van der Waals surface area contributed by atoms with Crippen molar-refractivity contribution in [3.8, 4) is 0 Å². The molecule has 2 rings (SSSR count). The lowest BCUT2D eigenvalue weighted by Gasteiger charge is -2.17. The lowest BCUT2D eigenvalue weighted by Crippen LogP contribution is -2.23. The minimum Gasteiger partial charge on any atom is -0.398 e. The molecule has 0 fully saturated rings. The maximum Gasteiger partial charge on any atom is 0.225 e. The van der Waals surface area contributed by atoms with Crippen molar-refractivity contribution < 1.29 is 4.79 Å². The second-order valence-electron chi connectivity index (χ2n) is 5.70. The highest BCUT2D eigenvalue weighted by Crippen LogP contribution is 2.27. The smallest absolute Gasteiger partial charge is 0.225 e. The first-order valence-electron chi connectivity index (χ1n) is 6.30. The third kappa shape index (κ3) is 2.54. The number of imidazole rings is 1. The Morgan fingerprint density at radius 2 is 2.11 bits per heavy atom. The molecule has 0 aliphatic heterocycles. The van der Waals surface area contributed by atoms with Gasteiger partial charge in [0.2, 0.25) is 5.91 Å². The van der Waals surface area contributed by atoms with Gasteiger partial charge in [-0.3, -0.25) is 4.79 Å². The Balaban J connectivity index is 2.66. The first kappa shape index (κ1) is 13.4. The number of likely N-dealkylation sites (N-methyl/N-ethyl adjacent to an activating group) is 1. The summed E-state index contributed by atoms with van der Waals surface area (Å²) in [4.78, 5) is 16.3. The molecule has 0 aliphatic carbocycles. The van der Waals surface area contributed by atoms with Gasteiger partial charge in [-0.2, -0.15) is 0 Å². The van der Waals surface area contributed by atoms with Crippen LogP contribution < -0.4 is 11.1 Å². The number of carbonyl (C=O) groups is 1. The number of fused-ring (bicyclic) bond motifs is 1. The molecule has 0 saturated carbocycles. The molecule has 1 amide bonds. The van der Waals surface area contributed by atoms with E-state index in [1.165, 1.54) is 0 Å². The van der Waals surface area contributed by atoms with Crippen LogP contribution in [0.5, 0.6) is 0 Å². The van der Waals surface area contributed by atoms with E-state index < -0.39 is 0 Å². The van der Waals surface area contributed by atoms with Crippen LogP contribution in [0.15, 0.2) is 18.3 Å². The fourth-order valence-electron chi connectivity index (χ4n) is 2.12. The van der Waals surface area contributed by atoms with Crippen molar-refractivity contribution in [2.75, 3.05) is 12.8 Å². The van der Waals surface area contributed by atoms with Gasteiger partial charge < -0.3 is 15.5 Å². The van der Waals surface area contributed by atoms with E-state index in [9.17, 15) is 4.79 Å². The van der Waals surface area contributed by atoms with Crippen LogP contribution in [-0.4, -0.2) is 22.3 Å². The topological polar surface area (TPSA) is 72.4 Å². The summed E-state index contributed by atoms with van der Waals surface area (Å²) in [5, 5.41) is 2.65. The van der Waals surface area contributed by atoms with Crippen LogP contribution in [0.4, 0.5) is 5.69 Å². The van der Waals surface area contributed by atoms with Crippen molar-refractivity contribution in [2.24, 2.45) is 0 Å². The number of anilines is 1. The number of pyridine rings is 1. The highest BCUT2D eigenvalue weighted by atomic mass is 16.1. The minimum absolute atomic E-state index is 0.0327. The number of amides is 1. The molecule has 2 aromatic rings. The highest BCUT2D eigenvalue weighted by molar-refractivity contribution is 5.78. The van der Waals surface area contributed by atoms with E-state index >= 15 is 0 Å². The zero-order chi connectivity index (χ0) is 14.2. The van der Waals surface area contributed by atoms with Crippen LogP contribution in [0, 0.1) is 0 Å². The summed E-state index contributed by atoms with van der Waals surface area (Å²) in [6.07, 6.45) is 2.11. The number of rotatable bonds is 2. The van der Waals surface area contributed by atoms with Crippen LogP contribution in [0.1, 0.15) is 32.2 Å². The Hall–Kier alpha value is -2.04. The fourth-order valence-corrected chi connectivity index (χ4v) is 2.12. The van der Waals surface area contributed by atoms with Crippen molar-refractivity contribution in [3.63, 3.8) is 0 Å². The molecule has 0 radical (unpaired) electrons. The van der Waals surface area contributed by atoms with Gasteiger partial charge in [0, 0.05) is 24.3 Å². The molecule has 0 spiro atoms. The Labute approximate surface area is 112 Å². The van der Waals surface area contributed by atoms with Crippen molar-refractivity contribution in [2.45, 2.75) is 32.6 Å². The normalized spacial score (nSPS) is 11.8. The molecule has 0 unspecified atom stereocenters. The summed E-state index contributed by atoms with van der Waals surface area (Å²) in [5.41, 5.74) is 9.01. The molecule has 0 saturated heterocycles. The van der Waals surface area contributed by atoms with Crippen molar-refractivity contribution >= 4 is 17.2 Å². The van der Waals surface area contributed by atoms with Crippen LogP contribution >= 0.6 is 0 Å². The van der Waals surface area contributed by atoms with Crippen LogP contribution in [0.3, 0.4) is 0 Å². The fraction of sp³-hybridized carbons (Fsp3) is 0.429. The number of nitrogen functional groups attached to an aromatic ring is 1. The number of hydrogen-bond acceptors (Lipinski definition) is 3. The van der Waals surface area contributed by atoms with Crippen molar-refractivity contribution in [1.29, 1.82) is 0 Å². The SMILES string of the molecule is CNC(=O)Cc1c(C(C)(C)C)nc2ccc(N)cn12. The zero-order valence-corrected chi connectivity index (χ0v) is 11.8. The van der Waals surface area contributed by atoms with Crippen molar-refractivity contribution in [1.82, 2.24) is 14.7 Å². The van der Waals surface area contributed by atoms with Crippen LogP contribution in [-0.2, 0) is 16.6 Å². The molecule has 5 heteroatoms. The number of nitrogens with zero attached hydrogens (tertiary/aromatic N) is 2. The molecular weight excluding hydrogens is 240 g/mol. The molecule has 0 aromatic carbocycles. The van der Waals surface area contributed by atoms with Gasteiger partial charge in [-0.05, 0) is 12.1 Å². The van der Waals surface area contributed by atoms with Gasteiger partial charge in [0.1, 0.15) is 5.65 Å². The Bertz CT molecular complexity index is 622. The van der Waals surface area contributed by atoms with Gasteiger partial charge in [0.15, 0.2) is 0 Å². The largest absolute Gasteiger partial charge is 0.398 e. The van der Waals surface area contributed by atoms with Gasteiger partial charge in [-0.1, -0.05) is 20.8 Å². The molecule has 0 bridgehead atoms. The average Bonchev–Trinajstić information content (AvgIpc) is 2.67. The second kappa shape index (κ2) is 4.57. The quantitative estimate of drug-likeness (QED) is 0.859. The number of nitrogens with two attached hydrogens (primary N) is 1. The molecule has 0 aliphatic rings. The summed E-state index contributed by atoms with van der Waals surface area (Å²) >= 11 is 0. The standard InChI is InChI=1S/C14H20N4O/c1-14(2,3)13-10(7-12(19)16-4)18-8-9(15)5-6-11(18)17-13/h5-6,8H,7,15H2,1-4H3,(H,16,19). The summed E-state index contributed by atoms with van der Waals surface area (Å²) in [5.74, 6) is -0.0327. The average molecular weight is 260 g/mol. The third-order valence-corrected chi connectivity index (χ3v) is 3.06. The lowest BCUT2D eigenvalue weighted by atomic mass is 9.90. The second-order valence-corrected chi connectivity index (χ2v) is 5.70. The van der Waals surface area contributed by atoms with E-state index in [1.807, 2.05) is 22.7 Å². The van der Waals surface area contributed by atoms with Crippen LogP contribution in [0.2, 0.25) is 0 Å². The Morgan fingerprint density at radius 3 is 2.68 bits per heavy atom. The van der Waals surface area contributed by atoms with E-state index in [0.29, 0.717) is 12.1 Å². The molecule has 2 heterocycles. The predicted molar refractivity (Wildman–Crippen MR) is 76.1 cm³/mol. The Kier molecular flexibility index (Phi) is 3.22. The van der Waals surface area contributed by atoms with E-state index in [4.69, 9.17) is 5.73 Å². The molecule has 3 N–H and O–H groups in total. The van der Waals surface area contributed by atoms with E-state index in [-0.39, 0.29) is 11.3 Å². The molecule has 5 nitrogen and oxygen atoms in total. The van der Waals surface area contributed by atoms with E-state index in [0.717, 1.165) is 17.0 Å².